The molecule has 0 saturated carbocycles. The normalized spacial score (nSPS) is 10.0. The first kappa shape index (κ1) is 14.5. The Hall–Kier alpha value is -2.89. The van der Waals surface area contributed by atoms with Crippen LogP contribution in [-0.4, -0.2) is 23.4 Å². The molecule has 0 aliphatic heterocycles. The molecule has 0 fully saturated rings. The highest BCUT2D eigenvalue weighted by atomic mass is 16.5. The van der Waals surface area contributed by atoms with Crippen molar-refractivity contribution in [3.63, 3.8) is 0 Å². The molecule has 6 heteroatoms. The van der Waals surface area contributed by atoms with E-state index in [9.17, 15) is 15.0 Å². The first-order valence-electron chi connectivity index (χ1n) is 6.23. The van der Waals surface area contributed by atoms with Gasteiger partial charge in [0.1, 0.15) is 17.2 Å². The van der Waals surface area contributed by atoms with Gasteiger partial charge in [-0.2, -0.15) is 0 Å². The molecular formula is C15H16N2O4. The Balaban J connectivity index is 2.13. The summed E-state index contributed by atoms with van der Waals surface area (Å²) in [4.78, 5) is 11.9. The van der Waals surface area contributed by atoms with Crippen molar-refractivity contribution in [1.29, 1.82) is 0 Å². The van der Waals surface area contributed by atoms with Gasteiger partial charge in [0, 0.05) is 23.9 Å². The SMILES string of the molecule is COc1ccc(C)cc1NC(=O)Nc1cc(O)cc(O)c1. The van der Waals surface area contributed by atoms with Crippen LogP contribution in [0.4, 0.5) is 16.2 Å². The van der Waals surface area contributed by atoms with Gasteiger partial charge in [-0.15, -0.1) is 0 Å². The summed E-state index contributed by atoms with van der Waals surface area (Å²) in [6, 6.07) is 8.72. The van der Waals surface area contributed by atoms with E-state index in [1.807, 2.05) is 13.0 Å². The number of benzene rings is 2. The van der Waals surface area contributed by atoms with Gasteiger partial charge in [0.2, 0.25) is 0 Å². The summed E-state index contributed by atoms with van der Waals surface area (Å²) in [7, 11) is 1.51. The van der Waals surface area contributed by atoms with Crippen molar-refractivity contribution in [3.8, 4) is 17.2 Å². The quantitative estimate of drug-likeness (QED) is 0.698. The minimum Gasteiger partial charge on any atom is -0.508 e. The number of carbonyl (C=O) groups excluding carboxylic acids is 1. The van der Waals surface area contributed by atoms with Gasteiger partial charge >= 0.3 is 6.03 Å². The zero-order chi connectivity index (χ0) is 15.4. The lowest BCUT2D eigenvalue weighted by Gasteiger charge is -2.12. The summed E-state index contributed by atoms with van der Waals surface area (Å²) in [6.45, 7) is 1.90. The summed E-state index contributed by atoms with van der Waals surface area (Å²) < 4.78 is 5.17. The number of phenolic OH excluding ortho intramolecular Hbond substituents is 2. The third-order valence-corrected chi connectivity index (χ3v) is 2.76. The van der Waals surface area contributed by atoms with E-state index >= 15 is 0 Å². The maximum atomic E-state index is 11.9. The van der Waals surface area contributed by atoms with Crippen LogP contribution in [0.5, 0.6) is 17.2 Å². The number of hydrogen-bond acceptors (Lipinski definition) is 4. The average molecular weight is 288 g/mol. The highest BCUT2D eigenvalue weighted by molar-refractivity contribution is 6.01. The van der Waals surface area contributed by atoms with Crippen LogP contribution in [0.3, 0.4) is 0 Å². The van der Waals surface area contributed by atoms with Crippen LogP contribution >= 0.6 is 0 Å². The number of aromatic hydroxyl groups is 2. The fraction of sp³-hybridized carbons (Fsp3) is 0.133. The summed E-state index contributed by atoms with van der Waals surface area (Å²) in [5.74, 6) is 0.256. The van der Waals surface area contributed by atoms with Gasteiger partial charge in [0.15, 0.2) is 0 Å². The molecule has 0 aromatic heterocycles. The first-order valence-corrected chi connectivity index (χ1v) is 6.23. The van der Waals surface area contributed by atoms with Crippen molar-refractivity contribution in [1.82, 2.24) is 0 Å². The number of nitrogens with one attached hydrogen (secondary N) is 2. The Bertz CT molecular complexity index is 650. The predicted molar refractivity (Wildman–Crippen MR) is 80.1 cm³/mol. The number of ether oxygens (including phenoxy) is 1. The highest BCUT2D eigenvalue weighted by Crippen LogP contribution is 2.26. The maximum absolute atomic E-state index is 11.9. The lowest BCUT2D eigenvalue weighted by Crippen LogP contribution is -2.19. The van der Waals surface area contributed by atoms with Gasteiger partial charge in [-0.05, 0) is 24.6 Å². The maximum Gasteiger partial charge on any atom is 0.323 e. The Kier molecular flexibility index (Phi) is 4.18. The molecule has 0 heterocycles. The minimum atomic E-state index is -0.510. The molecule has 21 heavy (non-hydrogen) atoms. The summed E-state index contributed by atoms with van der Waals surface area (Å²) >= 11 is 0. The fourth-order valence-electron chi connectivity index (χ4n) is 1.87. The lowest BCUT2D eigenvalue weighted by molar-refractivity contribution is 0.262. The molecule has 4 N–H and O–H groups in total. The molecular weight excluding hydrogens is 272 g/mol. The van der Waals surface area contributed by atoms with Crippen LogP contribution in [0.15, 0.2) is 36.4 Å². The number of phenols is 2. The second-order valence-corrected chi connectivity index (χ2v) is 4.52. The topological polar surface area (TPSA) is 90.8 Å². The zero-order valence-corrected chi connectivity index (χ0v) is 11.7. The molecule has 110 valence electrons. The Morgan fingerprint density at radius 1 is 1.05 bits per heavy atom. The van der Waals surface area contributed by atoms with Gasteiger partial charge in [0.25, 0.3) is 0 Å². The summed E-state index contributed by atoms with van der Waals surface area (Å²) in [6.07, 6.45) is 0. The molecule has 0 aliphatic rings. The van der Waals surface area contributed by atoms with Crippen molar-refractivity contribution in [2.45, 2.75) is 6.92 Å². The predicted octanol–water partition coefficient (Wildman–Crippen LogP) is 3.06. The Labute approximate surface area is 122 Å². The number of hydrogen-bond donors (Lipinski definition) is 4. The molecule has 0 radical (unpaired) electrons. The van der Waals surface area contributed by atoms with Crippen LogP contribution in [0.1, 0.15) is 5.56 Å². The monoisotopic (exact) mass is 288 g/mol. The van der Waals surface area contributed by atoms with E-state index in [0.717, 1.165) is 5.56 Å². The van der Waals surface area contributed by atoms with Crippen molar-refractivity contribution >= 4 is 17.4 Å². The van der Waals surface area contributed by atoms with Crippen LogP contribution in [0, 0.1) is 6.92 Å². The van der Waals surface area contributed by atoms with Crippen LogP contribution < -0.4 is 15.4 Å². The van der Waals surface area contributed by atoms with E-state index in [4.69, 9.17) is 4.74 Å². The molecule has 2 aromatic rings. The van der Waals surface area contributed by atoms with E-state index < -0.39 is 6.03 Å². The second-order valence-electron chi connectivity index (χ2n) is 4.52. The fourth-order valence-corrected chi connectivity index (χ4v) is 1.87. The van der Waals surface area contributed by atoms with Crippen molar-refractivity contribution < 1.29 is 19.7 Å². The van der Waals surface area contributed by atoms with Gasteiger partial charge < -0.3 is 25.6 Å². The molecule has 6 nitrogen and oxygen atoms in total. The molecule has 2 aromatic carbocycles. The standard InChI is InChI=1S/C15H16N2O4/c1-9-3-4-14(21-2)13(5-9)17-15(20)16-10-6-11(18)8-12(19)7-10/h3-8,18-19H,1-2H3,(H2,16,17,20). The van der Waals surface area contributed by atoms with Crippen LogP contribution in [0.25, 0.3) is 0 Å². The van der Waals surface area contributed by atoms with Gasteiger partial charge in [-0.3, -0.25) is 0 Å². The average Bonchev–Trinajstić information content (AvgIpc) is 2.37. The number of rotatable bonds is 3. The van der Waals surface area contributed by atoms with Crippen molar-refractivity contribution in [2.75, 3.05) is 17.7 Å². The van der Waals surface area contributed by atoms with Crippen LogP contribution in [-0.2, 0) is 0 Å². The molecule has 0 aliphatic carbocycles. The van der Waals surface area contributed by atoms with Crippen molar-refractivity contribution in [2.24, 2.45) is 0 Å². The number of aryl methyl sites for hydroxylation is 1. The zero-order valence-electron chi connectivity index (χ0n) is 11.7. The van der Waals surface area contributed by atoms with E-state index in [1.165, 1.54) is 25.3 Å². The largest absolute Gasteiger partial charge is 0.508 e. The molecule has 0 unspecified atom stereocenters. The van der Waals surface area contributed by atoms with E-state index in [0.29, 0.717) is 11.4 Å². The van der Waals surface area contributed by atoms with Gasteiger partial charge in [-0.25, -0.2) is 4.79 Å². The van der Waals surface area contributed by atoms with E-state index in [2.05, 4.69) is 10.6 Å². The smallest absolute Gasteiger partial charge is 0.323 e. The van der Waals surface area contributed by atoms with Gasteiger partial charge in [-0.1, -0.05) is 6.07 Å². The van der Waals surface area contributed by atoms with Gasteiger partial charge in [0.05, 0.1) is 12.8 Å². The highest BCUT2D eigenvalue weighted by Gasteiger charge is 2.09. The summed E-state index contributed by atoms with van der Waals surface area (Å²) in [5.41, 5.74) is 1.78. The van der Waals surface area contributed by atoms with E-state index in [-0.39, 0.29) is 17.2 Å². The Morgan fingerprint density at radius 3 is 2.33 bits per heavy atom. The number of methoxy groups -OCH3 is 1. The molecule has 2 amide bonds. The third-order valence-electron chi connectivity index (χ3n) is 2.76. The minimum absolute atomic E-state index is 0.140. The number of carbonyl (C=O) groups is 1. The molecule has 2 rings (SSSR count). The molecule has 0 atom stereocenters. The van der Waals surface area contributed by atoms with E-state index in [1.54, 1.807) is 12.1 Å². The molecule has 0 bridgehead atoms. The molecule has 0 spiro atoms. The Morgan fingerprint density at radius 2 is 1.71 bits per heavy atom. The van der Waals surface area contributed by atoms with Crippen LogP contribution in [0.2, 0.25) is 0 Å². The first-order chi connectivity index (χ1) is 9.97. The second kappa shape index (κ2) is 6.04. The number of urea groups is 1. The van der Waals surface area contributed by atoms with Crippen molar-refractivity contribution in [3.05, 3.63) is 42.0 Å². The lowest BCUT2D eigenvalue weighted by atomic mass is 10.2. The number of anilines is 2. The third kappa shape index (κ3) is 3.79. The summed E-state index contributed by atoms with van der Waals surface area (Å²) in [5, 5.41) is 23.9. The molecule has 0 saturated heterocycles. The number of amides is 2.